The van der Waals surface area contributed by atoms with Crippen LogP contribution in [0.4, 0.5) is 5.69 Å². The van der Waals surface area contributed by atoms with E-state index in [2.05, 4.69) is 24.5 Å². The van der Waals surface area contributed by atoms with Gasteiger partial charge in [0.15, 0.2) is 0 Å². The lowest BCUT2D eigenvalue weighted by Gasteiger charge is -2.12. The van der Waals surface area contributed by atoms with Crippen molar-refractivity contribution in [3.05, 3.63) is 41.6 Å². The number of anilines is 1. The predicted molar refractivity (Wildman–Crippen MR) is 87.2 cm³/mol. The Balaban J connectivity index is 2.73. The molecule has 0 aliphatic heterocycles. The van der Waals surface area contributed by atoms with E-state index in [4.69, 9.17) is 10.4 Å². The van der Waals surface area contributed by atoms with Crippen molar-refractivity contribution >= 4 is 11.6 Å². The summed E-state index contributed by atoms with van der Waals surface area (Å²) in [6, 6.07) is 9.23. The molecule has 0 fully saturated rings. The van der Waals surface area contributed by atoms with Gasteiger partial charge in [0.1, 0.15) is 11.6 Å². The molecule has 5 nitrogen and oxygen atoms in total. The van der Waals surface area contributed by atoms with Crippen LogP contribution in [0.5, 0.6) is 0 Å². The van der Waals surface area contributed by atoms with Gasteiger partial charge in [0.05, 0.1) is 6.61 Å². The number of nitrogens with one attached hydrogen (secondary N) is 2. The molecule has 0 aliphatic rings. The molecule has 3 N–H and O–H groups in total. The van der Waals surface area contributed by atoms with E-state index in [0.717, 1.165) is 0 Å². The molecule has 1 unspecified atom stereocenters. The maximum Gasteiger partial charge on any atom is 0.267 e. The van der Waals surface area contributed by atoms with Gasteiger partial charge in [0.25, 0.3) is 5.91 Å². The highest BCUT2D eigenvalue weighted by Crippen LogP contribution is 2.17. The first-order valence-electron chi connectivity index (χ1n) is 7.40. The summed E-state index contributed by atoms with van der Waals surface area (Å²) in [7, 11) is 0. The van der Waals surface area contributed by atoms with Crippen molar-refractivity contribution in [1.82, 2.24) is 5.32 Å². The molecule has 0 radical (unpaired) electrons. The van der Waals surface area contributed by atoms with Gasteiger partial charge < -0.3 is 15.7 Å². The first-order chi connectivity index (χ1) is 10.5. The summed E-state index contributed by atoms with van der Waals surface area (Å²) in [4.78, 5) is 12.0. The maximum atomic E-state index is 12.0. The number of aliphatic hydroxyl groups is 1. The lowest BCUT2D eigenvalue weighted by Crippen LogP contribution is -2.28. The first kappa shape index (κ1) is 17.7. The molecular weight excluding hydrogens is 278 g/mol. The Labute approximate surface area is 131 Å². The van der Waals surface area contributed by atoms with E-state index < -0.39 is 5.91 Å². The zero-order valence-corrected chi connectivity index (χ0v) is 13.3. The minimum atomic E-state index is -0.472. The number of rotatable bonds is 7. The molecule has 1 aromatic carbocycles. The van der Waals surface area contributed by atoms with Crippen LogP contribution < -0.4 is 10.6 Å². The van der Waals surface area contributed by atoms with Crippen LogP contribution in [0.2, 0.25) is 0 Å². The molecule has 1 atom stereocenters. The molecule has 0 aliphatic carbocycles. The third-order valence-electron chi connectivity index (χ3n) is 3.38. The zero-order chi connectivity index (χ0) is 16.5. The van der Waals surface area contributed by atoms with Gasteiger partial charge in [-0.25, -0.2) is 0 Å². The molecule has 5 heteroatoms. The molecule has 0 saturated carbocycles. The summed E-state index contributed by atoms with van der Waals surface area (Å²) in [6.07, 6.45) is 2.05. The zero-order valence-electron chi connectivity index (χ0n) is 13.3. The van der Waals surface area contributed by atoms with Crippen LogP contribution in [0.25, 0.3) is 0 Å². The number of nitriles is 1. The van der Waals surface area contributed by atoms with Crippen LogP contribution >= 0.6 is 0 Å². The minimum Gasteiger partial charge on any atom is -0.394 e. The molecule has 118 valence electrons. The first-order valence-corrected chi connectivity index (χ1v) is 7.40. The van der Waals surface area contributed by atoms with Gasteiger partial charge in [-0.15, -0.1) is 0 Å². The summed E-state index contributed by atoms with van der Waals surface area (Å²) < 4.78 is 0. The fourth-order valence-corrected chi connectivity index (χ4v) is 1.80. The predicted octanol–water partition coefficient (Wildman–Crippen LogP) is 2.52. The van der Waals surface area contributed by atoms with Gasteiger partial charge in [-0.3, -0.25) is 4.79 Å². The number of aliphatic hydroxyl groups excluding tert-OH is 1. The standard InChI is InChI=1S/C17H23N3O2/c1-4-15(11-21)19-10-14(9-18)17(22)20-16-7-5-13(6-8-16)12(2)3/h5-8,10,12,15,19,21H,4,11H2,1-3H3,(H,20,22)/b14-10-. The van der Waals surface area contributed by atoms with Crippen LogP contribution in [-0.2, 0) is 4.79 Å². The average Bonchev–Trinajstić information content (AvgIpc) is 2.52. The highest BCUT2D eigenvalue weighted by molar-refractivity contribution is 6.06. The quantitative estimate of drug-likeness (QED) is 0.533. The van der Waals surface area contributed by atoms with Crippen LogP contribution in [0.1, 0.15) is 38.7 Å². The Morgan fingerprint density at radius 2 is 2.00 bits per heavy atom. The summed E-state index contributed by atoms with van der Waals surface area (Å²) in [6.45, 7) is 6.05. The lowest BCUT2D eigenvalue weighted by molar-refractivity contribution is -0.112. The normalized spacial score (nSPS) is 12.6. The molecule has 1 aromatic rings. The van der Waals surface area contributed by atoms with Crippen LogP contribution in [0.3, 0.4) is 0 Å². The van der Waals surface area contributed by atoms with E-state index >= 15 is 0 Å². The molecule has 0 heterocycles. The van der Waals surface area contributed by atoms with Crippen molar-refractivity contribution in [3.8, 4) is 6.07 Å². The molecule has 0 aromatic heterocycles. The Morgan fingerprint density at radius 1 is 1.36 bits per heavy atom. The van der Waals surface area contributed by atoms with E-state index in [1.807, 2.05) is 37.3 Å². The van der Waals surface area contributed by atoms with Gasteiger partial charge in [0, 0.05) is 17.9 Å². The number of hydrogen-bond donors (Lipinski definition) is 3. The second-order valence-corrected chi connectivity index (χ2v) is 5.36. The monoisotopic (exact) mass is 301 g/mol. The van der Waals surface area contributed by atoms with Crippen LogP contribution in [0.15, 0.2) is 36.0 Å². The van der Waals surface area contributed by atoms with E-state index in [-0.39, 0.29) is 18.2 Å². The Kier molecular flexibility index (Phi) is 7.14. The van der Waals surface area contributed by atoms with Gasteiger partial charge in [-0.2, -0.15) is 5.26 Å². The van der Waals surface area contributed by atoms with Crippen molar-refractivity contribution in [3.63, 3.8) is 0 Å². The number of amides is 1. The lowest BCUT2D eigenvalue weighted by atomic mass is 10.0. The number of carbonyl (C=O) groups excluding carboxylic acids is 1. The fraction of sp³-hybridized carbons (Fsp3) is 0.412. The molecule has 1 amide bonds. The van der Waals surface area contributed by atoms with Crippen LogP contribution in [0, 0.1) is 11.3 Å². The summed E-state index contributed by atoms with van der Waals surface area (Å²) in [5, 5.41) is 23.7. The Morgan fingerprint density at radius 3 is 2.45 bits per heavy atom. The van der Waals surface area contributed by atoms with E-state index in [1.54, 1.807) is 0 Å². The molecule has 22 heavy (non-hydrogen) atoms. The minimum absolute atomic E-state index is 0.0279. The Bertz CT molecular complexity index is 552. The highest BCUT2D eigenvalue weighted by atomic mass is 16.3. The highest BCUT2D eigenvalue weighted by Gasteiger charge is 2.10. The largest absolute Gasteiger partial charge is 0.394 e. The molecule has 0 spiro atoms. The van der Waals surface area contributed by atoms with E-state index in [0.29, 0.717) is 18.0 Å². The Hall–Kier alpha value is -2.32. The van der Waals surface area contributed by atoms with Crippen LogP contribution in [-0.4, -0.2) is 23.7 Å². The summed E-state index contributed by atoms with van der Waals surface area (Å²) in [5.74, 6) is -0.0481. The third-order valence-corrected chi connectivity index (χ3v) is 3.38. The molecule has 1 rings (SSSR count). The summed E-state index contributed by atoms with van der Waals surface area (Å²) >= 11 is 0. The fourth-order valence-electron chi connectivity index (χ4n) is 1.80. The smallest absolute Gasteiger partial charge is 0.267 e. The van der Waals surface area contributed by atoms with Gasteiger partial charge >= 0.3 is 0 Å². The van der Waals surface area contributed by atoms with Crippen molar-refractivity contribution in [1.29, 1.82) is 5.26 Å². The van der Waals surface area contributed by atoms with Crippen molar-refractivity contribution in [2.24, 2.45) is 0 Å². The van der Waals surface area contributed by atoms with Crippen molar-refractivity contribution in [2.45, 2.75) is 39.2 Å². The molecule has 0 saturated heterocycles. The molecule has 0 bridgehead atoms. The second-order valence-electron chi connectivity index (χ2n) is 5.36. The van der Waals surface area contributed by atoms with Gasteiger partial charge in [-0.05, 0) is 30.0 Å². The maximum absolute atomic E-state index is 12.0. The average molecular weight is 301 g/mol. The summed E-state index contributed by atoms with van der Waals surface area (Å²) in [5.41, 5.74) is 1.80. The van der Waals surface area contributed by atoms with Gasteiger partial charge in [-0.1, -0.05) is 32.9 Å². The van der Waals surface area contributed by atoms with Crippen molar-refractivity contribution < 1.29 is 9.90 Å². The second kappa shape index (κ2) is 8.85. The number of nitrogens with zero attached hydrogens (tertiary/aromatic N) is 1. The number of hydrogen-bond acceptors (Lipinski definition) is 4. The number of benzene rings is 1. The van der Waals surface area contributed by atoms with Crippen molar-refractivity contribution in [2.75, 3.05) is 11.9 Å². The third kappa shape index (κ3) is 5.23. The van der Waals surface area contributed by atoms with E-state index in [1.165, 1.54) is 11.8 Å². The molecular formula is C17H23N3O2. The van der Waals surface area contributed by atoms with E-state index in [9.17, 15) is 4.79 Å². The SMILES string of the molecule is CCC(CO)N/C=C(/C#N)C(=O)Nc1ccc(C(C)C)cc1. The topological polar surface area (TPSA) is 85.2 Å². The number of carbonyl (C=O) groups is 1. The van der Waals surface area contributed by atoms with Gasteiger partial charge in [0.2, 0.25) is 0 Å².